The lowest BCUT2D eigenvalue weighted by Crippen LogP contribution is -2.44. The Kier molecular flexibility index (Phi) is 5.34. The molecule has 25 heavy (non-hydrogen) atoms. The maximum atomic E-state index is 5.93. The van der Waals surface area contributed by atoms with Gasteiger partial charge in [0.2, 0.25) is 0 Å². The van der Waals surface area contributed by atoms with Crippen LogP contribution in [-0.2, 0) is 17.8 Å². The van der Waals surface area contributed by atoms with E-state index in [2.05, 4.69) is 26.9 Å². The summed E-state index contributed by atoms with van der Waals surface area (Å²) in [5.41, 5.74) is 3.25. The summed E-state index contributed by atoms with van der Waals surface area (Å²) in [6.07, 6.45) is 2.00. The third-order valence-electron chi connectivity index (χ3n) is 4.69. The van der Waals surface area contributed by atoms with E-state index in [1.807, 2.05) is 31.6 Å². The molecule has 1 saturated heterocycles. The molecule has 3 rings (SSSR count). The predicted octanol–water partition coefficient (Wildman–Crippen LogP) is 1.82. The van der Waals surface area contributed by atoms with Gasteiger partial charge in [0.1, 0.15) is 17.4 Å². The van der Waals surface area contributed by atoms with E-state index in [0.717, 1.165) is 67.0 Å². The number of rotatable bonds is 5. The fourth-order valence-corrected chi connectivity index (χ4v) is 3.40. The van der Waals surface area contributed by atoms with Crippen molar-refractivity contribution < 1.29 is 9.47 Å². The number of pyridine rings is 1. The largest absolute Gasteiger partial charge is 0.496 e. The zero-order chi connectivity index (χ0) is 18.0. The van der Waals surface area contributed by atoms with Gasteiger partial charge in [0.05, 0.1) is 32.1 Å². The van der Waals surface area contributed by atoms with Crippen molar-refractivity contribution in [3.63, 3.8) is 0 Å². The maximum absolute atomic E-state index is 5.93. The molecule has 0 aromatic carbocycles. The fourth-order valence-electron chi connectivity index (χ4n) is 3.40. The first-order chi connectivity index (χ1) is 12.0. The lowest BCUT2D eigenvalue weighted by atomic mass is 10.1. The molecule has 1 aliphatic rings. The van der Waals surface area contributed by atoms with Crippen molar-refractivity contribution in [3.05, 3.63) is 34.7 Å². The number of morpholine rings is 1. The molecule has 1 fully saturated rings. The topological polar surface area (TPSA) is 65.3 Å². The van der Waals surface area contributed by atoms with Crippen LogP contribution in [0.2, 0.25) is 0 Å². The fraction of sp³-hybridized carbons (Fsp3) is 0.611. The zero-order valence-corrected chi connectivity index (χ0v) is 15.7. The van der Waals surface area contributed by atoms with Crippen LogP contribution in [0.25, 0.3) is 0 Å². The molecule has 0 aliphatic carbocycles. The van der Waals surface area contributed by atoms with Crippen molar-refractivity contribution in [2.45, 2.75) is 46.9 Å². The molecule has 0 radical (unpaired) electrons. The number of hydrogen-bond acceptors (Lipinski definition) is 6. The summed E-state index contributed by atoms with van der Waals surface area (Å²) in [5.74, 6) is 2.67. The highest BCUT2D eigenvalue weighted by Gasteiger charge is 2.23. The minimum atomic E-state index is 0.112. The number of methoxy groups -OCH3 is 1. The lowest BCUT2D eigenvalue weighted by molar-refractivity contribution is -0.0409. The Hall–Kier alpha value is -1.99. The van der Waals surface area contributed by atoms with Gasteiger partial charge in [0.15, 0.2) is 0 Å². The van der Waals surface area contributed by atoms with Gasteiger partial charge in [0, 0.05) is 37.0 Å². The second-order valence-electron chi connectivity index (χ2n) is 6.66. The molecule has 136 valence electrons. The summed E-state index contributed by atoms with van der Waals surface area (Å²) in [6.45, 7) is 12.0. The first-order valence-electron chi connectivity index (χ1n) is 8.69. The van der Waals surface area contributed by atoms with Gasteiger partial charge in [-0.2, -0.15) is 5.10 Å². The minimum Gasteiger partial charge on any atom is -0.496 e. The highest BCUT2D eigenvalue weighted by atomic mass is 16.5. The van der Waals surface area contributed by atoms with Crippen LogP contribution in [-0.4, -0.2) is 57.6 Å². The number of aromatic nitrogens is 4. The predicted molar refractivity (Wildman–Crippen MR) is 94.8 cm³/mol. The molecule has 0 unspecified atom stereocenters. The van der Waals surface area contributed by atoms with Crippen LogP contribution >= 0.6 is 0 Å². The number of hydrogen-bond donors (Lipinski definition) is 0. The highest BCUT2D eigenvalue weighted by molar-refractivity contribution is 5.41. The van der Waals surface area contributed by atoms with Crippen molar-refractivity contribution in [1.29, 1.82) is 0 Å². The molecule has 1 atom stereocenters. The third-order valence-corrected chi connectivity index (χ3v) is 4.69. The van der Waals surface area contributed by atoms with E-state index in [1.54, 1.807) is 7.11 Å². The molecule has 0 bridgehead atoms. The van der Waals surface area contributed by atoms with Crippen LogP contribution in [0.1, 0.15) is 28.5 Å². The average molecular weight is 345 g/mol. The zero-order valence-electron chi connectivity index (χ0n) is 15.7. The van der Waals surface area contributed by atoms with Crippen LogP contribution in [0.4, 0.5) is 0 Å². The summed E-state index contributed by atoms with van der Waals surface area (Å²) in [7, 11) is 1.71. The van der Waals surface area contributed by atoms with E-state index in [1.165, 1.54) is 0 Å². The summed E-state index contributed by atoms with van der Waals surface area (Å²) in [4.78, 5) is 11.4. The summed E-state index contributed by atoms with van der Waals surface area (Å²) < 4.78 is 13.4. The van der Waals surface area contributed by atoms with Crippen LogP contribution < -0.4 is 4.74 Å². The van der Waals surface area contributed by atoms with Crippen LogP contribution in [0, 0.1) is 27.7 Å². The second-order valence-corrected chi connectivity index (χ2v) is 6.66. The molecule has 2 aromatic rings. The van der Waals surface area contributed by atoms with Crippen molar-refractivity contribution in [2.75, 3.05) is 26.8 Å². The molecule has 0 amide bonds. The minimum absolute atomic E-state index is 0.112. The average Bonchev–Trinajstić information content (AvgIpc) is 2.88. The van der Waals surface area contributed by atoms with Crippen molar-refractivity contribution in [2.24, 2.45) is 0 Å². The van der Waals surface area contributed by atoms with Gasteiger partial charge in [-0.05, 0) is 27.7 Å². The van der Waals surface area contributed by atoms with E-state index in [4.69, 9.17) is 9.47 Å². The van der Waals surface area contributed by atoms with Crippen molar-refractivity contribution in [3.8, 4) is 5.75 Å². The summed E-state index contributed by atoms with van der Waals surface area (Å²) in [5, 5.41) is 4.44. The molecule has 2 aromatic heterocycles. The highest BCUT2D eigenvalue weighted by Crippen LogP contribution is 2.25. The Balaban J connectivity index is 1.67. The SMILES string of the molecule is COc1c(C)cnc(CN2CCO[C@H](Cn3nc(C)nc3C)C2)c1C. The van der Waals surface area contributed by atoms with E-state index in [0.29, 0.717) is 0 Å². The standard InChI is InChI=1S/C18H27N5O2/c1-12-8-19-17(13(2)18(12)24-5)11-22-6-7-25-16(9-22)10-23-15(4)20-14(3)21-23/h8,16H,6-7,9-11H2,1-5H3/t16-/m0/s1. The van der Waals surface area contributed by atoms with Crippen molar-refractivity contribution >= 4 is 0 Å². The van der Waals surface area contributed by atoms with E-state index in [-0.39, 0.29) is 6.10 Å². The van der Waals surface area contributed by atoms with Gasteiger partial charge in [-0.3, -0.25) is 9.88 Å². The molecule has 7 heteroatoms. The smallest absolute Gasteiger partial charge is 0.147 e. The van der Waals surface area contributed by atoms with E-state index < -0.39 is 0 Å². The Morgan fingerprint density at radius 2 is 2.08 bits per heavy atom. The third kappa shape index (κ3) is 3.99. The molecular formula is C18H27N5O2. The van der Waals surface area contributed by atoms with Gasteiger partial charge < -0.3 is 9.47 Å². The number of ether oxygens (including phenoxy) is 2. The molecule has 0 spiro atoms. The second kappa shape index (κ2) is 7.49. The molecule has 3 heterocycles. The monoisotopic (exact) mass is 345 g/mol. The maximum Gasteiger partial charge on any atom is 0.147 e. The van der Waals surface area contributed by atoms with E-state index in [9.17, 15) is 0 Å². The molecular weight excluding hydrogens is 318 g/mol. The Labute approximate surface area is 149 Å². The Bertz CT molecular complexity index is 743. The van der Waals surface area contributed by atoms with Crippen LogP contribution in [0.15, 0.2) is 6.20 Å². The first-order valence-corrected chi connectivity index (χ1v) is 8.69. The van der Waals surface area contributed by atoms with Gasteiger partial charge in [-0.15, -0.1) is 0 Å². The quantitative estimate of drug-likeness (QED) is 0.823. The molecule has 0 saturated carbocycles. The van der Waals surface area contributed by atoms with Gasteiger partial charge in [-0.25, -0.2) is 9.67 Å². The normalized spacial score (nSPS) is 18.5. The van der Waals surface area contributed by atoms with Crippen molar-refractivity contribution in [1.82, 2.24) is 24.6 Å². The van der Waals surface area contributed by atoms with Gasteiger partial charge in [-0.1, -0.05) is 0 Å². The summed E-state index contributed by atoms with van der Waals surface area (Å²) in [6, 6.07) is 0. The number of nitrogens with zero attached hydrogens (tertiary/aromatic N) is 5. The molecule has 0 N–H and O–H groups in total. The Morgan fingerprint density at radius 1 is 1.28 bits per heavy atom. The van der Waals surface area contributed by atoms with Gasteiger partial charge in [0.25, 0.3) is 0 Å². The molecule has 1 aliphatic heterocycles. The van der Waals surface area contributed by atoms with Crippen LogP contribution in [0.5, 0.6) is 5.75 Å². The van der Waals surface area contributed by atoms with E-state index >= 15 is 0 Å². The van der Waals surface area contributed by atoms with Crippen LogP contribution in [0.3, 0.4) is 0 Å². The summed E-state index contributed by atoms with van der Waals surface area (Å²) >= 11 is 0. The first kappa shape index (κ1) is 17.8. The molecule has 7 nitrogen and oxygen atoms in total. The lowest BCUT2D eigenvalue weighted by Gasteiger charge is -2.33. The Morgan fingerprint density at radius 3 is 2.76 bits per heavy atom. The number of aryl methyl sites for hydroxylation is 3. The van der Waals surface area contributed by atoms with Gasteiger partial charge >= 0.3 is 0 Å².